The summed E-state index contributed by atoms with van der Waals surface area (Å²) < 4.78 is 2.10. The maximum absolute atomic E-state index is 5.55. The Kier molecular flexibility index (Phi) is 1.47. The average molecular weight is 138 g/mol. The molecule has 1 heterocycles. The summed E-state index contributed by atoms with van der Waals surface area (Å²) in [6, 6.07) is 1.91. The van der Waals surface area contributed by atoms with Crippen molar-refractivity contribution in [2.24, 2.45) is 0 Å². The van der Waals surface area contributed by atoms with Crippen molar-refractivity contribution in [2.75, 3.05) is 5.73 Å². The third kappa shape index (κ3) is 1.32. The fourth-order valence-corrected chi connectivity index (χ4v) is 0.830. The number of hydrogen-bond acceptors (Lipinski definition) is 1. The van der Waals surface area contributed by atoms with E-state index in [0.717, 1.165) is 5.69 Å². The van der Waals surface area contributed by atoms with Gasteiger partial charge in [0, 0.05) is 23.6 Å². The zero-order chi connectivity index (χ0) is 7.78. The Morgan fingerprint density at radius 3 is 2.20 bits per heavy atom. The molecule has 2 heteroatoms. The molecule has 0 aliphatic carbocycles. The predicted octanol–water partition coefficient (Wildman–Crippen LogP) is 1.83. The van der Waals surface area contributed by atoms with Crippen LogP contribution in [0.3, 0.4) is 0 Å². The van der Waals surface area contributed by atoms with Gasteiger partial charge in [-0.05, 0) is 26.8 Å². The van der Waals surface area contributed by atoms with Gasteiger partial charge >= 0.3 is 0 Å². The summed E-state index contributed by atoms with van der Waals surface area (Å²) in [6.45, 7) is 6.44. The standard InChI is InChI=1S/C8H14N2/c1-8(2,3)10-5-4-7(9)6-10/h4-6H,9H2,1-3H3. The van der Waals surface area contributed by atoms with Crippen LogP contribution in [0.1, 0.15) is 20.8 Å². The zero-order valence-electron chi connectivity index (χ0n) is 6.76. The Bertz CT molecular complexity index is 217. The first kappa shape index (κ1) is 7.19. The highest BCUT2D eigenvalue weighted by atomic mass is 15.0. The van der Waals surface area contributed by atoms with E-state index in [1.807, 2.05) is 18.5 Å². The number of anilines is 1. The number of rotatable bonds is 0. The lowest BCUT2D eigenvalue weighted by Crippen LogP contribution is -2.19. The van der Waals surface area contributed by atoms with E-state index < -0.39 is 0 Å². The fraction of sp³-hybridized carbons (Fsp3) is 0.500. The van der Waals surface area contributed by atoms with Crippen LogP contribution in [-0.2, 0) is 5.54 Å². The second-order valence-corrected chi connectivity index (χ2v) is 3.52. The highest BCUT2D eigenvalue weighted by Gasteiger charge is 2.10. The molecule has 2 N–H and O–H groups in total. The number of nitrogen functional groups attached to an aromatic ring is 1. The van der Waals surface area contributed by atoms with Crippen molar-refractivity contribution in [2.45, 2.75) is 26.3 Å². The Hall–Kier alpha value is -0.920. The average Bonchev–Trinajstić information content (AvgIpc) is 2.11. The molecular formula is C8H14N2. The van der Waals surface area contributed by atoms with Crippen LogP contribution >= 0.6 is 0 Å². The van der Waals surface area contributed by atoms with Crippen molar-refractivity contribution in [1.29, 1.82) is 0 Å². The minimum Gasteiger partial charge on any atom is -0.398 e. The van der Waals surface area contributed by atoms with Crippen molar-refractivity contribution in [3.63, 3.8) is 0 Å². The molecule has 0 amide bonds. The van der Waals surface area contributed by atoms with E-state index in [2.05, 4.69) is 25.3 Å². The molecule has 0 spiro atoms. The number of aromatic nitrogens is 1. The van der Waals surface area contributed by atoms with E-state index in [1.165, 1.54) is 0 Å². The van der Waals surface area contributed by atoms with Crippen LogP contribution in [0.5, 0.6) is 0 Å². The predicted molar refractivity (Wildman–Crippen MR) is 43.8 cm³/mol. The first-order valence-corrected chi connectivity index (χ1v) is 3.44. The van der Waals surface area contributed by atoms with Gasteiger partial charge in [-0.3, -0.25) is 0 Å². The van der Waals surface area contributed by atoms with Gasteiger partial charge in [0.15, 0.2) is 0 Å². The van der Waals surface area contributed by atoms with Crippen LogP contribution < -0.4 is 5.73 Å². The minimum absolute atomic E-state index is 0.150. The molecule has 56 valence electrons. The summed E-state index contributed by atoms with van der Waals surface area (Å²) in [5, 5.41) is 0. The molecule has 0 atom stereocenters. The molecule has 0 radical (unpaired) electrons. The fourth-order valence-electron chi connectivity index (χ4n) is 0.830. The van der Waals surface area contributed by atoms with Gasteiger partial charge < -0.3 is 10.3 Å². The molecule has 10 heavy (non-hydrogen) atoms. The Morgan fingerprint density at radius 1 is 1.40 bits per heavy atom. The summed E-state index contributed by atoms with van der Waals surface area (Å²) >= 11 is 0. The molecule has 2 nitrogen and oxygen atoms in total. The number of hydrogen-bond donors (Lipinski definition) is 1. The van der Waals surface area contributed by atoms with E-state index in [9.17, 15) is 0 Å². The smallest absolute Gasteiger partial charge is 0.0493 e. The van der Waals surface area contributed by atoms with Crippen LogP contribution in [0, 0.1) is 0 Å². The Labute approximate surface area is 61.7 Å². The van der Waals surface area contributed by atoms with Gasteiger partial charge in [0.1, 0.15) is 0 Å². The van der Waals surface area contributed by atoms with Gasteiger partial charge in [-0.1, -0.05) is 0 Å². The summed E-state index contributed by atoms with van der Waals surface area (Å²) in [6.07, 6.45) is 3.94. The third-order valence-electron chi connectivity index (χ3n) is 1.49. The van der Waals surface area contributed by atoms with Crippen LogP contribution in [0.25, 0.3) is 0 Å². The normalized spacial score (nSPS) is 11.9. The summed E-state index contributed by atoms with van der Waals surface area (Å²) in [4.78, 5) is 0. The topological polar surface area (TPSA) is 30.9 Å². The van der Waals surface area contributed by atoms with Crippen molar-refractivity contribution in [3.8, 4) is 0 Å². The van der Waals surface area contributed by atoms with Crippen LogP contribution in [-0.4, -0.2) is 4.57 Å². The highest BCUT2D eigenvalue weighted by molar-refractivity contribution is 5.34. The maximum atomic E-state index is 5.55. The molecule has 1 rings (SSSR count). The summed E-state index contributed by atoms with van der Waals surface area (Å²) in [5.74, 6) is 0. The molecule has 0 unspecified atom stereocenters. The second-order valence-electron chi connectivity index (χ2n) is 3.52. The largest absolute Gasteiger partial charge is 0.398 e. The van der Waals surface area contributed by atoms with Crippen LogP contribution in [0.2, 0.25) is 0 Å². The number of nitrogens with zero attached hydrogens (tertiary/aromatic N) is 1. The van der Waals surface area contributed by atoms with Gasteiger partial charge in [0.05, 0.1) is 0 Å². The molecule has 0 aromatic carbocycles. The summed E-state index contributed by atoms with van der Waals surface area (Å²) in [5.41, 5.74) is 6.53. The van der Waals surface area contributed by atoms with Crippen LogP contribution in [0.4, 0.5) is 5.69 Å². The lowest BCUT2D eigenvalue weighted by Gasteiger charge is -2.20. The lowest BCUT2D eigenvalue weighted by molar-refractivity contribution is 0.399. The Balaban J connectivity index is 2.96. The molecule has 0 bridgehead atoms. The van der Waals surface area contributed by atoms with Gasteiger partial charge in [0.2, 0.25) is 0 Å². The SMILES string of the molecule is CC(C)(C)n1ccc(N)c1. The van der Waals surface area contributed by atoms with E-state index in [-0.39, 0.29) is 5.54 Å². The number of nitrogens with two attached hydrogens (primary N) is 1. The molecular weight excluding hydrogens is 124 g/mol. The monoisotopic (exact) mass is 138 g/mol. The van der Waals surface area contributed by atoms with Crippen LogP contribution in [0.15, 0.2) is 18.5 Å². The van der Waals surface area contributed by atoms with E-state index in [4.69, 9.17) is 5.73 Å². The molecule has 1 aromatic rings. The molecule has 0 aliphatic heterocycles. The first-order chi connectivity index (χ1) is 4.50. The van der Waals surface area contributed by atoms with Crippen molar-refractivity contribution in [3.05, 3.63) is 18.5 Å². The second kappa shape index (κ2) is 2.04. The maximum Gasteiger partial charge on any atom is 0.0493 e. The zero-order valence-corrected chi connectivity index (χ0v) is 6.76. The molecule has 0 saturated heterocycles. The first-order valence-electron chi connectivity index (χ1n) is 3.44. The summed E-state index contributed by atoms with van der Waals surface area (Å²) in [7, 11) is 0. The molecule has 0 fully saturated rings. The van der Waals surface area contributed by atoms with Crippen molar-refractivity contribution in [1.82, 2.24) is 4.57 Å². The minimum atomic E-state index is 0.150. The lowest BCUT2D eigenvalue weighted by atomic mass is 10.1. The van der Waals surface area contributed by atoms with Gasteiger partial charge in [-0.2, -0.15) is 0 Å². The van der Waals surface area contributed by atoms with Crippen molar-refractivity contribution >= 4 is 5.69 Å². The van der Waals surface area contributed by atoms with Crippen molar-refractivity contribution < 1.29 is 0 Å². The molecule has 0 aliphatic rings. The molecule has 0 saturated carbocycles. The van der Waals surface area contributed by atoms with Gasteiger partial charge in [-0.25, -0.2) is 0 Å². The van der Waals surface area contributed by atoms with Gasteiger partial charge in [-0.15, -0.1) is 0 Å². The third-order valence-corrected chi connectivity index (χ3v) is 1.49. The molecule has 1 aromatic heterocycles. The van der Waals surface area contributed by atoms with E-state index in [1.54, 1.807) is 0 Å². The Morgan fingerprint density at radius 2 is 2.00 bits per heavy atom. The quantitative estimate of drug-likeness (QED) is 0.582. The van der Waals surface area contributed by atoms with E-state index >= 15 is 0 Å². The van der Waals surface area contributed by atoms with E-state index in [0.29, 0.717) is 0 Å². The highest BCUT2D eigenvalue weighted by Crippen LogP contribution is 2.15. The van der Waals surface area contributed by atoms with Gasteiger partial charge in [0.25, 0.3) is 0 Å².